The molecule has 186 valence electrons. The van der Waals surface area contributed by atoms with Crippen molar-refractivity contribution in [3.05, 3.63) is 126 Å². The molecule has 5 nitrogen and oxygen atoms in total. The van der Waals surface area contributed by atoms with Crippen LogP contribution in [0.15, 0.2) is 114 Å². The smallest absolute Gasteiger partial charge is 0.240 e. The van der Waals surface area contributed by atoms with Crippen molar-refractivity contribution >= 4 is 15.7 Å². The molecular weight excluding hydrogens is 468 g/mol. The molecule has 0 aliphatic rings. The van der Waals surface area contributed by atoms with Gasteiger partial charge in [0.25, 0.3) is 0 Å². The Morgan fingerprint density at radius 3 is 2.00 bits per heavy atom. The van der Waals surface area contributed by atoms with E-state index in [9.17, 15) is 8.42 Å². The molecule has 4 aromatic carbocycles. The number of rotatable bonds is 11. The standard InChI is InChI=1S/C30H32N2O3S/c1-24-13-19-30(20-14-24)36(33,34)31-27(21-25-9-5-3-6-10-25)23-32(28-11-7-4-8-12-28)22-26-15-17-29(35-2)18-16-26/h3-20,27,31H,21-23H2,1-2H3/t27-/m0/s1. The van der Waals surface area contributed by atoms with Gasteiger partial charge in [-0.3, -0.25) is 0 Å². The number of aryl methyl sites for hydroxylation is 1. The van der Waals surface area contributed by atoms with Gasteiger partial charge in [0.2, 0.25) is 10.0 Å². The number of hydrogen-bond acceptors (Lipinski definition) is 4. The Morgan fingerprint density at radius 2 is 1.39 bits per heavy atom. The highest BCUT2D eigenvalue weighted by Gasteiger charge is 2.23. The third kappa shape index (κ3) is 6.97. The molecule has 0 radical (unpaired) electrons. The maximum Gasteiger partial charge on any atom is 0.240 e. The van der Waals surface area contributed by atoms with E-state index in [1.807, 2.05) is 91.9 Å². The molecule has 36 heavy (non-hydrogen) atoms. The predicted octanol–water partition coefficient (Wildman–Crippen LogP) is 5.60. The minimum atomic E-state index is -3.70. The Bertz CT molecular complexity index is 1320. The van der Waals surface area contributed by atoms with Crippen molar-refractivity contribution in [1.82, 2.24) is 4.72 Å². The maximum absolute atomic E-state index is 13.3. The van der Waals surface area contributed by atoms with E-state index in [4.69, 9.17) is 4.74 Å². The highest BCUT2D eigenvalue weighted by molar-refractivity contribution is 7.89. The van der Waals surface area contributed by atoms with Gasteiger partial charge in [0.15, 0.2) is 0 Å². The summed E-state index contributed by atoms with van der Waals surface area (Å²) in [6, 6.07) is 34.6. The minimum absolute atomic E-state index is 0.271. The highest BCUT2D eigenvalue weighted by atomic mass is 32.2. The lowest BCUT2D eigenvalue weighted by atomic mass is 10.1. The Kier molecular flexibility index (Phi) is 8.41. The average Bonchev–Trinajstić information content (AvgIpc) is 2.90. The van der Waals surface area contributed by atoms with Crippen LogP contribution in [-0.2, 0) is 23.0 Å². The van der Waals surface area contributed by atoms with Crippen molar-refractivity contribution < 1.29 is 13.2 Å². The zero-order valence-electron chi connectivity index (χ0n) is 20.7. The van der Waals surface area contributed by atoms with E-state index in [1.165, 1.54) is 0 Å². The molecule has 0 fully saturated rings. The molecule has 0 aliphatic heterocycles. The number of para-hydroxylation sites is 1. The number of hydrogen-bond donors (Lipinski definition) is 1. The fraction of sp³-hybridized carbons (Fsp3) is 0.200. The molecular formula is C30H32N2O3S. The van der Waals surface area contributed by atoms with Gasteiger partial charge < -0.3 is 9.64 Å². The van der Waals surface area contributed by atoms with Crippen LogP contribution < -0.4 is 14.4 Å². The van der Waals surface area contributed by atoms with Gasteiger partial charge >= 0.3 is 0 Å². The lowest BCUT2D eigenvalue weighted by Crippen LogP contribution is -2.45. The van der Waals surface area contributed by atoms with Crippen LogP contribution in [0.2, 0.25) is 0 Å². The lowest BCUT2D eigenvalue weighted by Gasteiger charge is -2.30. The minimum Gasteiger partial charge on any atom is -0.497 e. The highest BCUT2D eigenvalue weighted by Crippen LogP contribution is 2.21. The van der Waals surface area contributed by atoms with Crippen molar-refractivity contribution in [2.24, 2.45) is 0 Å². The number of methoxy groups -OCH3 is 1. The predicted molar refractivity (Wildman–Crippen MR) is 146 cm³/mol. The van der Waals surface area contributed by atoms with Crippen LogP contribution in [0.25, 0.3) is 0 Å². The Labute approximate surface area is 214 Å². The van der Waals surface area contributed by atoms with Gasteiger partial charge in [-0.25, -0.2) is 13.1 Å². The molecule has 4 aromatic rings. The molecule has 0 unspecified atom stereocenters. The summed E-state index contributed by atoms with van der Waals surface area (Å²) < 4.78 is 35.0. The van der Waals surface area contributed by atoms with Crippen LogP contribution in [-0.4, -0.2) is 28.1 Å². The Balaban J connectivity index is 1.63. The maximum atomic E-state index is 13.3. The number of nitrogens with one attached hydrogen (secondary N) is 1. The Hall–Kier alpha value is -3.61. The van der Waals surface area contributed by atoms with Crippen LogP contribution in [0.5, 0.6) is 5.75 Å². The summed E-state index contributed by atoms with van der Waals surface area (Å²) in [5.74, 6) is 0.804. The topological polar surface area (TPSA) is 58.6 Å². The lowest BCUT2D eigenvalue weighted by molar-refractivity contribution is 0.414. The molecule has 0 saturated heterocycles. The normalized spacial score (nSPS) is 12.2. The summed E-state index contributed by atoms with van der Waals surface area (Å²) in [7, 11) is -2.05. The number of sulfonamides is 1. The SMILES string of the molecule is COc1ccc(CN(C[C@H](Cc2ccccc2)NS(=O)(=O)c2ccc(C)cc2)c2ccccc2)cc1. The van der Waals surface area contributed by atoms with Crippen molar-refractivity contribution in [2.75, 3.05) is 18.6 Å². The summed E-state index contributed by atoms with van der Waals surface area (Å²) in [6.07, 6.45) is 0.567. The van der Waals surface area contributed by atoms with Gasteiger partial charge in [-0.15, -0.1) is 0 Å². The fourth-order valence-corrected chi connectivity index (χ4v) is 5.39. The van der Waals surface area contributed by atoms with Gasteiger partial charge in [-0.2, -0.15) is 0 Å². The van der Waals surface area contributed by atoms with E-state index < -0.39 is 10.0 Å². The molecule has 1 atom stereocenters. The van der Waals surface area contributed by atoms with Crippen LogP contribution in [0.4, 0.5) is 5.69 Å². The number of benzene rings is 4. The van der Waals surface area contributed by atoms with E-state index in [1.54, 1.807) is 19.2 Å². The van der Waals surface area contributed by atoms with Crippen LogP contribution in [0.3, 0.4) is 0 Å². The van der Waals surface area contributed by atoms with E-state index in [-0.39, 0.29) is 10.9 Å². The second-order valence-corrected chi connectivity index (χ2v) is 10.6. The molecule has 0 aliphatic carbocycles. The van der Waals surface area contributed by atoms with Gasteiger partial charge in [0.1, 0.15) is 5.75 Å². The first-order valence-corrected chi connectivity index (χ1v) is 13.5. The zero-order chi connectivity index (χ0) is 25.4. The quantitative estimate of drug-likeness (QED) is 0.291. The van der Waals surface area contributed by atoms with Crippen molar-refractivity contribution in [1.29, 1.82) is 0 Å². The van der Waals surface area contributed by atoms with Crippen molar-refractivity contribution in [2.45, 2.75) is 30.8 Å². The molecule has 0 amide bonds. The summed E-state index contributed by atoms with van der Waals surface area (Å²) >= 11 is 0. The second-order valence-electron chi connectivity index (χ2n) is 8.89. The second kappa shape index (κ2) is 11.9. The number of nitrogens with zero attached hydrogens (tertiary/aromatic N) is 1. The largest absolute Gasteiger partial charge is 0.497 e. The van der Waals surface area contributed by atoms with E-state index in [0.29, 0.717) is 19.5 Å². The molecule has 1 N–H and O–H groups in total. The molecule has 0 saturated carbocycles. The van der Waals surface area contributed by atoms with Gasteiger partial charge in [0.05, 0.1) is 12.0 Å². The molecule has 6 heteroatoms. The molecule has 4 rings (SSSR count). The summed E-state index contributed by atoms with van der Waals surface area (Å²) in [4.78, 5) is 2.49. The number of anilines is 1. The first kappa shape index (κ1) is 25.5. The summed E-state index contributed by atoms with van der Waals surface area (Å²) in [5, 5.41) is 0. The van der Waals surface area contributed by atoms with Crippen LogP contribution >= 0.6 is 0 Å². The Morgan fingerprint density at radius 1 is 0.778 bits per heavy atom. The molecule has 0 heterocycles. The summed E-state index contributed by atoms with van der Waals surface area (Å²) in [6.45, 7) is 3.07. The van der Waals surface area contributed by atoms with Crippen molar-refractivity contribution in [3.8, 4) is 5.75 Å². The van der Waals surface area contributed by atoms with Gasteiger partial charge in [-0.05, 0) is 60.9 Å². The average molecular weight is 501 g/mol. The van der Waals surface area contributed by atoms with Gasteiger partial charge in [-0.1, -0.05) is 78.4 Å². The zero-order valence-corrected chi connectivity index (χ0v) is 21.5. The van der Waals surface area contributed by atoms with E-state index >= 15 is 0 Å². The fourth-order valence-electron chi connectivity index (χ4n) is 4.16. The van der Waals surface area contributed by atoms with Gasteiger partial charge in [0, 0.05) is 24.8 Å². The van der Waals surface area contributed by atoms with Crippen LogP contribution in [0, 0.1) is 6.92 Å². The third-order valence-corrected chi connectivity index (χ3v) is 7.61. The van der Waals surface area contributed by atoms with E-state index in [0.717, 1.165) is 28.1 Å². The molecule has 0 spiro atoms. The van der Waals surface area contributed by atoms with Crippen LogP contribution in [0.1, 0.15) is 16.7 Å². The summed E-state index contributed by atoms with van der Waals surface area (Å²) in [5.41, 5.74) is 4.23. The number of ether oxygens (including phenoxy) is 1. The third-order valence-electron chi connectivity index (χ3n) is 6.07. The monoisotopic (exact) mass is 500 g/mol. The van der Waals surface area contributed by atoms with Crippen molar-refractivity contribution in [3.63, 3.8) is 0 Å². The molecule has 0 bridgehead atoms. The van der Waals surface area contributed by atoms with E-state index in [2.05, 4.69) is 21.8 Å². The first-order valence-electron chi connectivity index (χ1n) is 12.0. The first-order chi connectivity index (χ1) is 17.4. The molecule has 0 aromatic heterocycles.